The third-order valence-corrected chi connectivity index (χ3v) is 4.71. The largest absolute Gasteiger partial charge is 0.449 e. The van der Waals surface area contributed by atoms with Crippen LogP contribution in [0.3, 0.4) is 0 Å². The average Bonchev–Trinajstić information content (AvgIpc) is 2.99. The van der Waals surface area contributed by atoms with Gasteiger partial charge in [-0.2, -0.15) is 0 Å². The summed E-state index contributed by atoms with van der Waals surface area (Å²) < 4.78 is 6.17. The minimum Gasteiger partial charge on any atom is -0.449 e. The molecule has 0 N–H and O–H groups in total. The number of hydrogen-bond donors (Lipinski definition) is 0. The van der Waals surface area contributed by atoms with E-state index in [9.17, 15) is 0 Å². The van der Waals surface area contributed by atoms with Crippen LogP contribution >= 0.6 is 11.8 Å². The van der Waals surface area contributed by atoms with Gasteiger partial charge >= 0.3 is 0 Å². The van der Waals surface area contributed by atoms with Gasteiger partial charge in [-0.15, -0.1) is 0 Å². The molecule has 1 nitrogen and oxygen atoms in total. The third kappa shape index (κ3) is 3.45. The van der Waals surface area contributed by atoms with Crippen molar-refractivity contribution < 1.29 is 4.42 Å². The highest BCUT2D eigenvalue weighted by Gasteiger charge is 2.15. The second-order valence-corrected chi connectivity index (χ2v) is 6.77. The highest BCUT2D eigenvalue weighted by Crippen LogP contribution is 2.38. The Balaban J connectivity index is 2.03. The lowest BCUT2D eigenvalue weighted by molar-refractivity contribution is 0.487. The molecule has 0 fully saturated rings. The first-order valence-electron chi connectivity index (χ1n) is 7.61. The van der Waals surface area contributed by atoms with E-state index in [4.69, 9.17) is 4.42 Å². The molecule has 1 aromatic heterocycles. The van der Waals surface area contributed by atoms with Crippen molar-refractivity contribution in [2.24, 2.45) is 5.92 Å². The second kappa shape index (κ2) is 6.89. The Labute approximate surface area is 136 Å². The molecular weight excluding hydrogens is 288 g/mol. The Morgan fingerprint density at radius 1 is 0.864 bits per heavy atom. The molecule has 0 unspecified atom stereocenters. The molecule has 0 aliphatic rings. The first-order valence-corrected chi connectivity index (χ1v) is 8.60. The highest BCUT2D eigenvalue weighted by molar-refractivity contribution is 7.99. The van der Waals surface area contributed by atoms with Crippen molar-refractivity contribution in [3.05, 3.63) is 66.7 Å². The van der Waals surface area contributed by atoms with E-state index in [0.717, 1.165) is 27.7 Å². The summed E-state index contributed by atoms with van der Waals surface area (Å²) >= 11 is 1.79. The zero-order valence-corrected chi connectivity index (χ0v) is 13.8. The van der Waals surface area contributed by atoms with E-state index in [1.54, 1.807) is 11.8 Å². The Hall–Kier alpha value is -1.93. The number of benzene rings is 2. The molecule has 3 aromatic rings. The molecule has 0 saturated heterocycles. The maximum Gasteiger partial charge on any atom is 0.161 e. The van der Waals surface area contributed by atoms with Crippen molar-refractivity contribution in [2.75, 3.05) is 5.75 Å². The molecule has 0 aliphatic heterocycles. The maximum atomic E-state index is 6.17. The first-order chi connectivity index (χ1) is 10.7. The molecule has 3 rings (SSSR count). The van der Waals surface area contributed by atoms with Crippen molar-refractivity contribution in [1.82, 2.24) is 0 Å². The van der Waals surface area contributed by atoms with Crippen molar-refractivity contribution >= 4 is 11.8 Å². The fraction of sp³-hybridized carbons (Fsp3) is 0.200. The maximum absolute atomic E-state index is 6.17. The lowest BCUT2D eigenvalue weighted by Crippen LogP contribution is -1.88. The predicted octanol–water partition coefficient (Wildman–Crippen LogP) is 6.36. The summed E-state index contributed by atoms with van der Waals surface area (Å²) in [6.45, 7) is 4.46. The smallest absolute Gasteiger partial charge is 0.161 e. The van der Waals surface area contributed by atoms with Gasteiger partial charge in [-0.1, -0.05) is 86.3 Å². The van der Waals surface area contributed by atoms with Crippen molar-refractivity contribution in [3.63, 3.8) is 0 Å². The standard InChI is InChI=1S/C20H20OS/c1-15(2)14-22-19-13-18(16-9-5-3-6-10-16)20(21-19)17-11-7-4-8-12-17/h3-13,15H,14H2,1-2H3. The molecule has 2 heteroatoms. The Bertz CT molecular complexity index is 657. The van der Waals surface area contributed by atoms with Gasteiger partial charge in [0.25, 0.3) is 0 Å². The summed E-state index contributed by atoms with van der Waals surface area (Å²) in [7, 11) is 0. The summed E-state index contributed by atoms with van der Waals surface area (Å²) in [4.78, 5) is 0. The predicted molar refractivity (Wildman–Crippen MR) is 95.1 cm³/mol. The van der Waals surface area contributed by atoms with Gasteiger partial charge in [-0.25, -0.2) is 0 Å². The lowest BCUT2D eigenvalue weighted by atomic mass is 10.0. The van der Waals surface area contributed by atoms with E-state index in [2.05, 4.69) is 56.3 Å². The number of furan rings is 1. The quantitative estimate of drug-likeness (QED) is 0.509. The van der Waals surface area contributed by atoms with Gasteiger partial charge in [0, 0.05) is 16.9 Å². The van der Waals surface area contributed by atoms with Crippen LogP contribution in [0.4, 0.5) is 0 Å². The fourth-order valence-corrected chi connectivity index (χ4v) is 3.17. The SMILES string of the molecule is CC(C)CSc1cc(-c2ccccc2)c(-c2ccccc2)o1. The van der Waals surface area contributed by atoms with Gasteiger partial charge in [-0.05, 0) is 17.5 Å². The average molecular weight is 308 g/mol. The summed E-state index contributed by atoms with van der Waals surface area (Å²) in [6, 6.07) is 22.9. The van der Waals surface area contributed by atoms with E-state index >= 15 is 0 Å². The van der Waals surface area contributed by atoms with E-state index in [0.29, 0.717) is 5.92 Å². The summed E-state index contributed by atoms with van der Waals surface area (Å²) in [5.41, 5.74) is 3.48. The Kier molecular flexibility index (Phi) is 4.69. The van der Waals surface area contributed by atoms with E-state index in [1.165, 1.54) is 5.56 Å². The van der Waals surface area contributed by atoms with Crippen LogP contribution in [0.15, 0.2) is 76.2 Å². The van der Waals surface area contributed by atoms with Gasteiger partial charge in [-0.3, -0.25) is 0 Å². The molecule has 1 heterocycles. The topological polar surface area (TPSA) is 13.1 Å². The van der Waals surface area contributed by atoms with Gasteiger partial charge in [0.2, 0.25) is 0 Å². The third-order valence-electron chi connectivity index (χ3n) is 3.39. The molecule has 0 atom stereocenters. The van der Waals surface area contributed by atoms with Crippen LogP contribution in [-0.2, 0) is 0 Å². The molecule has 22 heavy (non-hydrogen) atoms. The van der Waals surface area contributed by atoms with Crippen LogP contribution in [0.5, 0.6) is 0 Å². The van der Waals surface area contributed by atoms with Crippen molar-refractivity contribution in [2.45, 2.75) is 18.9 Å². The van der Waals surface area contributed by atoms with Crippen molar-refractivity contribution in [3.8, 4) is 22.5 Å². The van der Waals surface area contributed by atoms with Crippen LogP contribution in [0, 0.1) is 5.92 Å². The van der Waals surface area contributed by atoms with E-state index < -0.39 is 0 Å². The lowest BCUT2D eigenvalue weighted by Gasteiger charge is -2.02. The second-order valence-electron chi connectivity index (χ2n) is 5.75. The van der Waals surface area contributed by atoms with Gasteiger partial charge < -0.3 is 4.42 Å². The van der Waals surface area contributed by atoms with Gasteiger partial charge in [0.05, 0.1) is 0 Å². The van der Waals surface area contributed by atoms with Crippen LogP contribution in [-0.4, -0.2) is 5.75 Å². The van der Waals surface area contributed by atoms with Crippen molar-refractivity contribution in [1.29, 1.82) is 0 Å². The molecule has 0 bridgehead atoms. The molecule has 112 valence electrons. The van der Waals surface area contributed by atoms with E-state index in [1.807, 2.05) is 24.3 Å². The Morgan fingerprint density at radius 3 is 2.05 bits per heavy atom. The molecule has 2 aromatic carbocycles. The summed E-state index contributed by atoms with van der Waals surface area (Å²) in [5.74, 6) is 2.67. The normalized spacial score (nSPS) is 11.0. The fourth-order valence-electron chi connectivity index (χ4n) is 2.32. The van der Waals surface area contributed by atoms with Crippen LogP contribution in [0.2, 0.25) is 0 Å². The molecule has 0 spiro atoms. The zero-order valence-electron chi connectivity index (χ0n) is 13.0. The summed E-state index contributed by atoms with van der Waals surface area (Å²) in [6.07, 6.45) is 0. The minimum atomic E-state index is 0.649. The molecule has 0 radical (unpaired) electrons. The molecule has 0 saturated carbocycles. The minimum absolute atomic E-state index is 0.649. The molecule has 0 aliphatic carbocycles. The van der Waals surface area contributed by atoms with E-state index in [-0.39, 0.29) is 0 Å². The number of hydrogen-bond acceptors (Lipinski definition) is 2. The van der Waals surface area contributed by atoms with Gasteiger partial charge in [0.15, 0.2) is 5.09 Å². The summed E-state index contributed by atoms with van der Waals surface area (Å²) in [5, 5.41) is 0.992. The highest BCUT2D eigenvalue weighted by atomic mass is 32.2. The first kappa shape index (κ1) is 15.0. The van der Waals surface area contributed by atoms with Gasteiger partial charge in [0.1, 0.15) is 5.76 Å². The molecule has 0 amide bonds. The monoisotopic (exact) mass is 308 g/mol. The number of rotatable bonds is 5. The van der Waals surface area contributed by atoms with Crippen LogP contribution in [0.1, 0.15) is 13.8 Å². The number of thioether (sulfide) groups is 1. The Morgan fingerprint density at radius 2 is 1.45 bits per heavy atom. The van der Waals surface area contributed by atoms with Crippen LogP contribution < -0.4 is 0 Å². The van der Waals surface area contributed by atoms with Crippen LogP contribution in [0.25, 0.3) is 22.5 Å². The molecular formula is C20H20OS. The zero-order chi connectivity index (χ0) is 15.4.